The molecule has 0 heterocycles. The molecule has 0 aromatic rings. The Kier molecular flexibility index (Phi) is 3.08. The molecule has 4 heteroatoms. The van der Waals surface area contributed by atoms with Crippen LogP contribution in [0.1, 0.15) is 0 Å². The standard InChI is InChI=1S/C4H5B2NO/c1-7-4(8)3(6)2-5/h2H,1H3,(H,7,8)/b3-2-. The van der Waals surface area contributed by atoms with Gasteiger partial charge in [0.05, 0.1) is 0 Å². The largest absolute Gasteiger partial charge is 0.356 e. The lowest BCUT2D eigenvalue weighted by atomic mass is 9.89. The van der Waals surface area contributed by atoms with Gasteiger partial charge in [0.15, 0.2) is 0 Å². The second kappa shape index (κ2) is 3.36. The molecule has 0 aliphatic heterocycles. The van der Waals surface area contributed by atoms with E-state index in [2.05, 4.69) is 5.32 Å². The van der Waals surface area contributed by atoms with Gasteiger partial charge in [-0.05, 0) is 5.47 Å². The average Bonchev–Trinajstić information content (AvgIpc) is 1.84. The molecule has 2 nitrogen and oxygen atoms in total. The zero-order valence-electron chi connectivity index (χ0n) is 4.64. The third kappa shape index (κ3) is 1.87. The van der Waals surface area contributed by atoms with Crippen LogP contribution in [-0.2, 0) is 4.79 Å². The van der Waals surface area contributed by atoms with Gasteiger partial charge in [0.2, 0.25) is 5.91 Å². The summed E-state index contributed by atoms with van der Waals surface area (Å²) in [6.07, 6.45) is 0. The minimum Gasteiger partial charge on any atom is -0.356 e. The number of rotatable bonds is 1. The van der Waals surface area contributed by atoms with Crippen LogP contribution < -0.4 is 5.32 Å². The Morgan fingerprint density at radius 3 is 2.38 bits per heavy atom. The smallest absolute Gasteiger partial charge is 0.235 e. The Labute approximate surface area is 51.2 Å². The Hall–Kier alpha value is -0.660. The monoisotopic (exact) mass is 105 g/mol. The van der Waals surface area contributed by atoms with Crippen LogP contribution in [0, 0.1) is 0 Å². The van der Waals surface area contributed by atoms with Crippen molar-refractivity contribution in [2.45, 2.75) is 0 Å². The molecule has 0 fully saturated rings. The third-order valence-corrected chi connectivity index (χ3v) is 0.669. The normalized spacial score (nSPS) is 10.9. The van der Waals surface area contributed by atoms with Crippen molar-refractivity contribution in [3.63, 3.8) is 0 Å². The average molecular weight is 105 g/mol. The number of hydrogen-bond donors (Lipinski definition) is 1. The van der Waals surface area contributed by atoms with Crippen LogP contribution in [0.4, 0.5) is 0 Å². The molecule has 4 radical (unpaired) electrons. The summed E-state index contributed by atoms with van der Waals surface area (Å²) < 4.78 is 0. The first-order valence-electron chi connectivity index (χ1n) is 2.11. The van der Waals surface area contributed by atoms with E-state index in [1.165, 1.54) is 7.05 Å². The fraction of sp³-hybridized carbons (Fsp3) is 0.250. The van der Waals surface area contributed by atoms with Crippen molar-refractivity contribution in [3.05, 3.63) is 11.4 Å². The van der Waals surface area contributed by atoms with E-state index in [9.17, 15) is 4.79 Å². The quantitative estimate of drug-likeness (QED) is 0.333. The van der Waals surface area contributed by atoms with Crippen LogP contribution in [-0.4, -0.2) is 28.6 Å². The summed E-state index contributed by atoms with van der Waals surface area (Å²) in [5.41, 5.74) is 0.0347. The summed E-state index contributed by atoms with van der Waals surface area (Å²) in [6.45, 7) is 0. The molecule has 0 rings (SSSR count). The number of hydrogen-bond acceptors (Lipinski definition) is 1. The number of carbonyl (C=O) groups is 1. The van der Waals surface area contributed by atoms with Crippen LogP contribution in [0.5, 0.6) is 0 Å². The zero-order chi connectivity index (χ0) is 6.57. The Bertz CT molecular complexity index is 121. The highest BCUT2D eigenvalue weighted by molar-refractivity contribution is 6.40. The van der Waals surface area contributed by atoms with Crippen LogP contribution in [0.15, 0.2) is 11.4 Å². The molecule has 0 spiro atoms. The number of nitrogens with one attached hydrogen (secondary N) is 1. The second-order valence-electron chi connectivity index (χ2n) is 1.20. The molecule has 0 atom stereocenters. The summed E-state index contributed by atoms with van der Waals surface area (Å²) in [5, 5.41) is 2.30. The van der Waals surface area contributed by atoms with Gasteiger partial charge in [0, 0.05) is 7.05 Å². The highest BCUT2D eigenvalue weighted by Gasteiger charge is 1.94. The van der Waals surface area contributed by atoms with Gasteiger partial charge in [0.25, 0.3) is 0 Å². The molecule has 0 aliphatic rings. The van der Waals surface area contributed by atoms with E-state index in [0.717, 1.165) is 5.98 Å². The first-order valence-corrected chi connectivity index (χ1v) is 2.11. The van der Waals surface area contributed by atoms with E-state index in [4.69, 9.17) is 15.7 Å². The molecule has 1 amide bonds. The molecular formula is C4H5B2NO. The highest BCUT2D eigenvalue weighted by atomic mass is 16.1. The van der Waals surface area contributed by atoms with Gasteiger partial charge < -0.3 is 5.32 Å². The molecule has 0 saturated heterocycles. The molecule has 0 aromatic heterocycles. The van der Waals surface area contributed by atoms with Gasteiger partial charge in [-0.25, -0.2) is 0 Å². The topological polar surface area (TPSA) is 29.1 Å². The van der Waals surface area contributed by atoms with Crippen molar-refractivity contribution in [1.29, 1.82) is 0 Å². The minimum absolute atomic E-state index is 0.0347. The molecule has 0 aliphatic carbocycles. The van der Waals surface area contributed by atoms with E-state index in [-0.39, 0.29) is 11.4 Å². The summed E-state index contributed by atoms with van der Waals surface area (Å²) in [7, 11) is 11.4. The molecular weight excluding hydrogens is 99.7 g/mol. The van der Waals surface area contributed by atoms with Crippen LogP contribution in [0.25, 0.3) is 0 Å². The predicted octanol–water partition coefficient (Wildman–Crippen LogP) is -1.09. The van der Waals surface area contributed by atoms with Crippen molar-refractivity contribution >= 4 is 21.6 Å². The van der Waals surface area contributed by atoms with Crippen molar-refractivity contribution in [2.24, 2.45) is 0 Å². The predicted molar refractivity (Wildman–Crippen MR) is 33.7 cm³/mol. The SMILES string of the molecule is [B]/C=C(\[B])C(=O)NC. The Morgan fingerprint density at radius 2 is 2.25 bits per heavy atom. The first kappa shape index (κ1) is 7.34. The summed E-state index contributed by atoms with van der Waals surface area (Å²) >= 11 is 0. The molecule has 0 aromatic carbocycles. The first-order chi connectivity index (χ1) is 3.72. The van der Waals surface area contributed by atoms with Crippen molar-refractivity contribution in [1.82, 2.24) is 5.32 Å². The molecule has 0 bridgehead atoms. The van der Waals surface area contributed by atoms with Gasteiger partial charge in [-0.3, -0.25) is 4.79 Å². The zero-order valence-corrected chi connectivity index (χ0v) is 4.64. The van der Waals surface area contributed by atoms with Gasteiger partial charge in [-0.1, -0.05) is 0 Å². The Morgan fingerprint density at radius 1 is 1.75 bits per heavy atom. The molecule has 8 heavy (non-hydrogen) atoms. The van der Waals surface area contributed by atoms with Gasteiger partial charge in [0.1, 0.15) is 15.7 Å². The highest BCUT2D eigenvalue weighted by Crippen LogP contribution is 1.80. The fourth-order valence-electron chi connectivity index (χ4n) is 0.220. The van der Waals surface area contributed by atoms with Gasteiger partial charge in [-0.2, -0.15) is 0 Å². The molecule has 38 valence electrons. The summed E-state index contributed by atoms with van der Waals surface area (Å²) in [5.74, 6) is 0.700. The number of amides is 1. The van der Waals surface area contributed by atoms with Crippen LogP contribution in [0.3, 0.4) is 0 Å². The third-order valence-electron chi connectivity index (χ3n) is 0.669. The van der Waals surface area contributed by atoms with E-state index in [1.807, 2.05) is 0 Å². The number of likely N-dealkylation sites (N-methyl/N-ethyl adjacent to an activating group) is 1. The van der Waals surface area contributed by atoms with Gasteiger partial charge >= 0.3 is 0 Å². The maximum Gasteiger partial charge on any atom is 0.235 e. The maximum absolute atomic E-state index is 10.4. The van der Waals surface area contributed by atoms with Crippen molar-refractivity contribution in [3.8, 4) is 0 Å². The van der Waals surface area contributed by atoms with Crippen molar-refractivity contribution < 1.29 is 4.79 Å². The lowest BCUT2D eigenvalue weighted by molar-refractivity contribution is -0.116. The van der Waals surface area contributed by atoms with Crippen molar-refractivity contribution in [2.75, 3.05) is 7.05 Å². The molecule has 0 unspecified atom stereocenters. The number of carbonyl (C=O) groups excluding carboxylic acids is 1. The van der Waals surface area contributed by atoms with Gasteiger partial charge in [-0.15, -0.1) is 5.98 Å². The Balaban J connectivity index is 3.83. The molecule has 1 N–H and O–H groups in total. The van der Waals surface area contributed by atoms with E-state index < -0.39 is 0 Å². The lowest BCUT2D eigenvalue weighted by Gasteiger charge is -1.95. The summed E-state index contributed by atoms with van der Waals surface area (Å²) in [6, 6.07) is 0. The molecule has 0 saturated carbocycles. The van der Waals surface area contributed by atoms with E-state index >= 15 is 0 Å². The van der Waals surface area contributed by atoms with E-state index in [0.29, 0.717) is 0 Å². The summed E-state index contributed by atoms with van der Waals surface area (Å²) in [4.78, 5) is 10.4. The second-order valence-corrected chi connectivity index (χ2v) is 1.20. The fourth-order valence-corrected chi connectivity index (χ4v) is 0.220. The van der Waals surface area contributed by atoms with Crippen LogP contribution >= 0.6 is 0 Å². The van der Waals surface area contributed by atoms with Crippen LogP contribution in [0.2, 0.25) is 0 Å². The lowest BCUT2D eigenvalue weighted by Crippen LogP contribution is -2.19. The van der Waals surface area contributed by atoms with E-state index in [1.54, 1.807) is 0 Å². The minimum atomic E-state index is -0.354. The maximum atomic E-state index is 10.4.